The first kappa shape index (κ1) is 16.8. The summed E-state index contributed by atoms with van der Waals surface area (Å²) < 4.78 is 5.57. The summed E-state index contributed by atoms with van der Waals surface area (Å²) >= 11 is 6.00. The van der Waals surface area contributed by atoms with Gasteiger partial charge < -0.3 is 15.8 Å². The van der Waals surface area contributed by atoms with Crippen molar-refractivity contribution in [1.29, 1.82) is 0 Å². The molecule has 1 aromatic carbocycles. The summed E-state index contributed by atoms with van der Waals surface area (Å²) in [4.78, 5) is 12.1. The van der Waals surface area contributed by atoms with Gasteiger partial charge >= 0.3 is 0 Å². The third kappa shape index (κ3) is 5.39. The predicted molar refractivity (Wildman–Crippen MR) is 82.0 cm³/mol. The van der Waals surface area contributed by atoms with Crippen LogP contribution in [0.4, 0.5) is 0 Å². The smallest absolute Gasteiger partial charge is 0.261 e. The number of ether oxygens (including phenoxy) is 1. The SMILES string of the molecule is CC(C)CC(CN)NC(=O)C(C)Oc1ccccc1Cl. The van der Waals surface area contributed by atoms with Gasteiger partial charge in [0.05, 0.1) is 5.02 Å². The van der Waals surface area contributed by atoms with Crippen molar-refractivity contribution < 1.29 is 9.53 Å². The lowest BCUT2D eigenvalue weighted by Gasteiger charge is -2.22. The van der Waals surface area contributed by atoms with Crippen molar-refractivity contribution in [1.82, 2.24) is 5.32 Å². The van der Waals surface area contributed by atoms with Gasteiger partial charge in [-0.25, -0.2) is 0 Å². The molecule has 2 atom stereocenters. The first-order chi connectivity index (χ1) is 9.43. The van der Waals surface area contributed by atoms with Crippen molar-refractivity contribution in [2.24, 2.45) is 11.7 Å². The van der Waals surface area contributed by atoms with E-state index in [4.69, 9.17) is 22.1 Å². The summed E-state index contributed by atoms with van der Waals surface area (Å²) in [5.74, 6) is 0.801. The maximum atomic E-state index is 12.1. The molecule has 1 amide bonds. The fourth-order valence-electron chi connectivity index (χ4n) is 1.89. The molecule has 2 unspecified atom stereocenters. The molecule has 20 heavy (non-hydrogen) atoms. The molecule has 0 saturated carbocycles. The fraction of sp³-hybridized carbons (Fsp3) is 0.533. The summed E-state index contributed by atoms with van der Waals surface area (Å²) in [5, 5.41) is 3.40. The molecule has 0 saturated heterocycles. The zero-order chi connectivity index (χ0) is 15.1. The highest BCUT2D eigenvalue weighted by molar-refractivity contribution is 6.32. The van der Waals surface area contributed by atoms with E-state index in [1.807, 2.05) is 12.1 Å². The van der Waals surface area contributed by atoms with Crippen LogP contribution in [0.3, 0.4) is 0 Å². The normalized spacial score (nSPS) is 13.9. The Balaban J connectivity index is 2.56. The maximum absolute atomic E-state index is 12.1. The number of carbonyl (C=O) groups excluding carboxylic acids is 1. The molecule has 0 radical (unpaired) electrons. The van der Waals surface area contributed by atoms with Gasteiger partial charge in [0.2, 0.25) is 0 Å². The molecular formula is C15H23ClN2O2. The van der Waals surface area contributed by atoms with Crippen molar-refractivity contribution >= 4 is 17.5 Å². The van der Waals surface area contributed by atoms with E-state index in [0.717, 1.165) is 6.42 Å². The van der Waals surface area contributed by atoms with E-state index in [1.165, 1.54) is 0 Å². The molecule has 0 aliphatic rings. The van der Waals surface area contributed by atoms with Crippen molar-refractivity contribution in [2.75, 3.05) is 6.54 Å². The van der Waals surface area contributed by atoms with Crippen LogP contribution in [0.25, 0.3) is 0 Å². The van der Waals surface area contributed by atoms with Gasteiger partial charge in [0.15, 0.2) is 6.10 Å². The Hall–Kier alpha value is -1.26. The lowest BCUT2D eigenvalue weighted by Crippen LogP contribution is -2.46. The second-order valence-electron chi connectivity index (χ2n) is 5.26. The number of carbonyl (C=O) groups is 1. The van der Waals surface area contributed by atoms with E-state index in [2.05, 4.69) is 19.2 Å². The minimum absolute atomic E-state index is 0.0280. The monoisotopic (exact) mass is 298 g/mol. The van der Waals surface area contributed by atoms with Gasteiger partial charge in [0.1, 0.15) is 5.75 Å². The van der Waals surface area contributed by atoms with E-state index < -0.39 is 6.10 Å². The maximum Gasteiger partial charge on any atom is 0.261 e. The molecule has 0 aliphatic carbocycles. The molecule has 0 spiro atoms. The third-order valence-electron chi connectivity index (χ3n) is 2.90. The van der Waals surface area contributed by atoms with Crippen LogP contribution in [0.1, 0.15) is 27.2 Å². The third-order valence-corrected chi connectivity index (χ3v) is 3.21. The average Bonchev–Trinajstić information content (AvgIpc) is 2.39. The van der Waals surface area contributed by atoms with Crippen LogP contribution in [-0.4, -0.2) is 24.6 Å². The Morgan fingerprint density at radius 2 is 2.00 bits per heavy atom. The van der Waals surface area contributed by atoms with Gasteiger partial charge in [-0.15, -0.1) is 0 Å². The van der Waals surface area contributed by atoms with Gasteiger partial charge in [0.25, 0.3) is 5.91 Å². The average molecular weight is 299 g/mol. The molecule has 0 aliphatic heterocycles. The molecule has 1 rings (SSSR count). The second-order valence-corrected chi connectivity index (χ2v) is 5.67. The van der Waals surface area contributed by atoms with Gasteiger partial charge in [-0.1, -0.05) is 37.6 Å². The second kappa shape index (κ2) is 8.12. The summed E-state index contributed by atoms with van der Waals surface area (Å²) in [6.45, 7) is 6.31. The molecule has 0 heterocycles. The summed E-state index contributed by atoms with van der Waals surface area (Å²) in [6.07, 6.45) is 0.234. The van der Waals surface area contributed by atoms with Crippen molar-refractivity contribution in [3.05, 3.63) is 29.3 Å². The summed E-state index contributed by atoms with van der Waals surface area (Å²) in [7, 11) is 0. The molecule has 3 N–H and O–H groups in total. The number of rotatable bonds is 7. The topological polar surface area (TPSA) is 64.3 Å². The van der Waals surface area contributed by atoms with E-state index in [-0.39, 0.29) is 11.9 Å². The fourth-order valence-corrected chi connectivity index (χ4v) is 2.07. The molecule has 112 valence electrons. The standard InChI is InChI=1S/C15H23ClN2O2/c1-10(2)8-12(9-17)18-15(19)11(3)20-14-7-5-4-6-13(14)16/h4-7,10-12H,8-9,17H2,1-3H3,(H,18,19). The van der Waals surface area contributed by atoms with Crippen molar-refractivity contribution in [3.8, 4) is 5.75 Å². The van der Waals surface area contributed by atoms with Crippen LogP contribution in [0.5, 0.6) is 5.75 Å². The van der Waals surface area contributed by atoms with Crippen LogP contribution in [0, 0.1) is 5.92 Å². The highest BCUT2D eigenvalue weighted by Gasteiger charge is 2.19. The molecule has 0 aromatic heterocycles. The molecular weight excluding hydrogens is 276 g/mol. The molecule has 0 fully saturated rings. The number of hydrogen-bond donors (Lipinski definition) is 2. The molecule has 1 aromatic rings. The lowest BCUT2D eigenvalue weighted by atomic mass is 10.0. The van der Waals surface area contributed by atoms with Crippen LogP contribution in [0.15, 0.2) is 24.3 Å². The van der Waals surface area contributed by atoms with Gasteiger partial charge in [0, 0.05) is 12.6 Å². The summed E-state index contributed by atoms with van der Waals surface area (Å²) in [5.41, 5.74) is 5.67. The highest BCUT2D eigenvalue weighted by atomic mass is 35.5. The zero-order valence-corrected chi connectivity index (χ0v) is 13.0. The van der Waals surface area contributed by atoms with Crippen molar-refractivity contribution in [3.63, 3.8) is 0 Å². The van der Waals surface area contributed by atoms with Gasteiger partial charge in [-0.05, 0) is 31.4 Å². The highest BCUT2D eigenvalue weighted by Crippen LogP contribution is 2.24. The van der Waals surface area contributed by atoms with Gasteiger partial charge in [-0.3, -0.25) is 4.79 Å². The minimum atomic E-state index is -0.615. The Bertz CT molecular complexity index is 438. The first-order valence-electron chi connectivity index (χ1n) is 6.85. The van der Waals surface area contributed by atoms with Gasteiger partial charge in [-0.2, -0.15) is 0 Å². The Morgan fingerprint density at radius 3 is 2.55 bits per heavy atom. The molecule has 5 heteroatoms. The van der Waals surface area contributed by atoms with E-state index >= 15 is 0 Å². The lowest BCUT2D eigenvalue weighted by molar-refractivity contribution is -0.128. The number of benzene rings is 1. The summed E-state index contributed by atoms with van der Waals surface area (Å²) in [6, 6.07) is 7.06. The van der Waals surface area contributed by atoms with E-state index in [1.54, 1.807) is 19.1 Å². The Labute approximate surface area is 125 Å². The Kier molecular flexibility index (Phi) is 6.82. The number of nitrogens with one attached hydrogen (secondary N) is 1. The van der Waals surface area contributed by atoms with Crippen molar-refractivity contribution in [2.45, 2.75) is 39.3 Å². The van der Waals surface area contributed by atoms with Crippen LogP contribution < -0.4 is 15.8 Å². The minimum Gasteiger partial charge on any atom is -0.479 e. The number of amides is 1. The molecule has 4 nitrogen and oxygen atoms in total. The number of halogens is 1. The van der Waals surface area contributed by atoms with Crippen LogP contribution in [-0.2, 0) is 4.79 Å². The van der Waals surface area contributed by atoms with Crippen LogP contribution >= 0.6 is 11.6 Å². The quantitative estimate of drug-likeness (QED) is 0.813. The number of nitrogens with two attached hydrogens (primary N) is 1. The Morgan fingerprint density at radius 1 is 1.35 bits per heavy atom. The zero-order valence-electron chi connectivity index (χ0n) is 12.2. The number of hydrogen-bond acceptors (Lipinski definition) is 3. The van der Waals surface area contributed by atoms with E-state index in [0.29, 0.717) is 23.2 Å². The first-order valence-corrected chi connectivity index (χ1v) is 7.23. The van der Waals surface area contributed by atoms with Crippen LogP contribution in [0.2, 0.25) is 5.02 Å². The van der Waals surface area contributed by atoms with E-state index in [9.17, 15) is 4.79 Å². The number of para-hydroxylation sites is 1. The molecule has 0 bridgehead atoms. The predicted octanol–water partition coefficient (Wildman–Crippen LogP) is 2.60. The largest absolute Gasteiger partial charge is 0.479 e.